The van der Waals surface area contributed by atoms with Crippen LogP contribution in [0.3, 0.4) is 0 Å². The highest BCUT2D eigenvalue weighted by molar-refractivity contribution is 5.93. The van der Waals surface area contributed by atoms with Crippen LogP contribution >= 0.6 is 0 Å². The molecule has 1 aromatic heterocycles. The number of amides is 3. The van der Waals surface area contributed by atoms with Gasteiger partial charge < -0.3 is 20.9 Å². The number of aromatic nitrogens is 1. The lowest BCUT2D eigenvalue weighted by Gasteiger charge is -2.20. The van der Waals surface area contributed by atoms with Gasteiger partial charge in [0, 0.05) is 25.0 Å². The summed E-state index contributed by atoms with van der Waals surface area (Å²) in [5.41, 5.74) is 6.31. The van der Waals surface area contributed by atoms with Crippen molar-refractivity contribution in [2.45, 2.75) is 33.7 Å². The van der Waals surface area contributed by atoms with Crippen molar-refractivity contribution < 1.29 is 9.59 Å². The molecule has 0 atom stereocenters. The average Bonchev–Trinajstić information content (AvgIpc) is 2.88. The van der Waals surface area contributed by atoms with Gasteiger partial charge in [-0.3, -0.25) is 4.79 Å². The number of primary amides is 1. The van der Waals surface area contributed by atoms with Crippen molar-refractivity contribution in [1.82, 2.24) is 9.88 Å². The van der Waals surface area contributed by atoms with Crippen molar-refractivity contribution >= 4 is 28.5 Å². The molecular weight excluding hydrogens is 292 g/mol. The topological polar surface area (TPSA) is 89.2 Å². The van der Waals surface area contributed by atoms with Crippen molar-refractivity contribution in [2.24, 2.45) is 11.1 Å². The molecule has 23 heavy (non-hydrogen) atoms. The van der Waals surface area contributed by atoms with E-state index in [-0.39, 0.29) is 12.6 Å². The largest absolute Gasteiger partial charge is 0.369 e. The van der Waals surface area contributed by atoms with Gasteiger partial charge in [-0.1, -0.05) is 13.0 Å². The molecule has 6 heteroatoms. The summed E-state index contributed by atoms with van der Waals surface area (Å²) in [7, 11) is 0. The number of nitrogens with zero attached hydrogens (tertiary/aromatic N) is 1. The van der Waals surface area contributed by atoms with Crippen molar-refractivity contribution in [3.05, 3.63) is 30.5 Å². The van der Waals surface area contributed by atoms with E-state index >= 15 is 0 Å². The van der Waals surface area contributed by atoms with Crippen LogP contribution in [0.5, 0.6) is 0 Å². The highest BCUT2D eigenvalue weighted by Crippen LogP contribution is 2.21. The smallest absolute Gasteiger partial charge is 0.319 e. The first-order valence-electron chi connectivity index (χ1n) is 7.77. The maximum Gasteiger partial charge on any atom is 0.319 e. The maximum absolute atomic E-state index is 12.0. The van der Waals surface area contributed by atoms with E-state index in [1.165, 1.54) is 0 Å². The van der Waals surface area contributed by atoms with Gasteiger partial charge in [0.1, 0.15) is 0 Å². The van der Waals surface area contributed by atoms with E-state index in [2.05, 4.69) is 28.2 Å². The molecule has 0 saturated heterocycles. The third kappa shape index (κ3) is 4.03. The molecule has 1 heterocycles. The van der Waals surface area contributed by atoms with Gasteiger partial charge in [-0.25, -0.2) is 4.79 Å². The molecular formula is C17H24N4O2. The molecule has 0 bridgehead atoms. The summed E-state index contributed by atoms with van der Waals surface area (Å²) in [6.45, 7) is 6.63. The molecule has 0 fully saturated rings. The molecule has 0 unspecified atom stereocenters. The first-order valence-corrected chi connectivity index (χ1v) is 7.77. The Morgan fingerprint density at radius 1 is 1.26 bits per heavy atom. The molecule has 0 aliphatic heterocycles. The van der Waals surface area contributed by atoms with E-state index in [0.29, 0.717) is 5.69 Å². The minimum Gasteiger partial charge on any atom is -0.369 e. The number of nitrogens with one attached hydrogen (secondary N) is 2. The molecule has 2 aromatic rings. The summed E-state index contributed by atoms with van der Waals surface area (Å²) >= 11 is 0. The second kappa shape index (κ2) is 6.73. The number of fused-ring (bicyclic) bond motifs is 1. The molecule has 0 radical (unpaired) electrons. The Morgan fingerprint density at radius 3 is 2.65 bits per heavy atom. The number of hydrogen-bond donors (Lipinski definition) is 3. The number of hydrogen-bond acceptors (Lipinski definition) is 2. The number of rotatable bonds is 6. The SMILES string of the molecule is CCCn1ccc2ccc(NC(=O)NCC(C)(C)C(N)=O)cc21. The standard InChI is InChI=1S/C17H24N4O2/c1-4-8-21-9-7-12-5-6-13(10-14(12)21)20-16(23)19-11-17(2,3)15(18)22/h5-7,9-10H,4,8,11H2,1-3H3,(H2,18,22)(H2,19,20,23). The fraction of sp³-hybridized carbons (Fsp3) is 0.412. The van der Waals surface area contributed by atoms with Gasteiger partial charge in [0.15, 0.2) is 0 Å². The molecule has 1 aromatic carbocycles. The Morgan fingerprint density at radius 2 is 2.00 bits per heavy atom. The van der Waals surface area contributed by atoms with Gasteiger partial charge in [-0.15, -0.1) is 0 Å². The van der Waals surface area contributed by atoms with Gasteiger partial charge in [-0.2, -0.15) is 0 Å². The van der Waals surface area contributed by atoms with E-state index in [9.17, 15) is 9.59 Å². The number of carbonyl (C=O) groups is 2. The summed E-state index contributed by atoms with van der Waals surface area (Å²) in [4.78, 5) is 23.2. The van der Waals surface area contributed by atoms with Crippen molar-refractivity contribution in [1.29, 1.82) is 0 Å². The van der Waals surface area contributed by atoms with Crippen molar-refractivity contribution in [3.8, 4) is 0 Å². The molecule has 4 N–H and O–H groups in total. The van der Waals surface area contributed by atoms with Gasteiger partial charge in [0.25, 0.3) is 0 Å². The summed E-state index contributed by atoms with van der Waals surface area (Å²) in [6, 6.07) is 7.49. The monoisotopic (exact) mass is 316 g/mol. The molecule has 0 aliphatic rings. The maximum atomic E-state index is 12.0. The lowest BCUT2D eigenvalue weighted by atomic mass is 9.93. The Kier molecular flexibility index (Phi) is 4.93. The fourth-order valence-electron chi connectivity index (χ4n) is 2.26. The van der Waals surface area contributed by atoms with E-state index < -0.39 is 11.3 Å². The minimum absolute atomic E-state index is 0.183. The number of aryl methyl sites for hydroxylation is 1. The summed E-state index contributed by atoms with van der Waals surface area (Å²) in [5.74, 6) is -0.448. The zero-order valence-electron chi connectivity index (χ0n) is 13.8. The number of nitrogens with two attached hydrogens (primary N) is 1. The molecule has 0 saturated carbocycles. The normalized spacial score (nSPS) is 11.4. The van der Waals surface area contributed by atoms with E-state index in [0.717, 1.165) is 23.9 Å². The van der Waals surface area contributed by atoms with Crippen LogP contribution in [0.2, 0.25) is 0 Å². The molecule has 6 nitrogen and oxygen atoms in total. The second-order valence-corrected chi connectivity index (χ2v) is 6.34. The van der Waals surface area contributed by atoms with Crippen LogP contribution in [0.25, 0.3) is 10.9 Å². The minimum atomic E-state index is -0.781. The third-order valence-corrected chi connectivity index (χ3v) is 3.85. The van der Waals surface area contributed by atoms with Crippen LogP contribution < -0.4 is 16.4 Å². The lowest BCUT2D eigenvalue weighted by molar-refractivity contribution is -0.125. The Bertz CT molecular complexity index is 718. The quantitative estimate of drug-likeness (QED) is 0.765. The molecule has 0 spiro atoms. The summed E-state index contributed by atoms with van der Waals surface area (Å²) in [5, 5.41) is 6.60. The second-order valence-electron chi connectivity index (χ2n) is 6.34. The molecule has 0 aliphatic carbocycles. The van der Waals surface area contributed by atoms with Crippen LogP contribution in [0.4, 0.5) is 10.5 Å². The number of benzene rings is 1. The highest BCUT2D eigenvalue weighted by atomic mass is 16.2. The number of anilines is 1. The van der Waals surface area contributed by atoms with E-state index in [4.69, 9.17) is 5.73 Å². The van der Waals surface area contributed by atoms with Gasteiger partial charge in [0.2, 0.25) is 5.91 Å². The van der Waals surface area contributed by atoms with Crippen LogP contribution in [-0.4, -0.2) is 23.1 Å². The van der Waals surface area contributed by atoms with Crippen LogP contribution in [-0.2, 0) is 11.3 Å². The molecule has 3 amide bonds. The molecule has 124 valence electrons. The van der Waals surface area contributed by atoms with Crippen molar-refractivity contribution in [3.63, 3.8) is 0 Å². The first kappa shape index (κ1) is 16.9. The highest BCUT2D eigenvalue weighted by Gasteiger charge is 2.25. The molecule has 2 rings (SSSR count). The van der Waals surface area contributed by atoms with Gasteiger partial charge in [0.05, 0.1) is 10.9 Å². The van der Waals surface area contributed by atoms with Crippen molar-refractivity contribution in [2.75, 3.05) is 11.9 Å². The zero-order chi connectivity index (χ0) is 17.0. The van der Waals surface area contributed by atoms with Gasteiger partial charge >= 0.3 is 6.03 Å². The Hall–Kier alpha value is -2.50. The van der Waals surface area contributed by atoms with Crippen LogP contribution in [0.1, 0.15) is 27.2 Å². The number of urea groups is 1. The first-order chi connectivity index (χ1) is 10.8. The van der Waals surface area contributed by atoms with Crippen LogP contribution in [0.15, 0.2) is 30.5 Å². The fourth-order valence-corrected chi connectivity index (χ4v) is 2.26. The predicted molar refractivity (Wildman–Crippen MR) is 92.2 cm³/mol. The summed E-state index contributed by atoms with van der Waals surface area (Å²) in [6.07, 6.45) is 3.09. The predicted octanol–water partition coefficient (Wildman–Crippen LogP) is 2.68. The third-order valence-electron chi connectivity index (χ3n) is 3.85. The lowest BCUT2D eigenvalue weighted by Crippen LogP contribution is -2.43. The Labute approximate surface area is 136 Å². The van der Waals surface area contributed by atoms with E-state index in [1.54, 1.807) is 13.8 Å². The Balaban J connectivity index is 2.05. The zero-order valence-corrected chi connectivity index (χ0v) is 13.8. The van der Waals surface area contributed by atoms with Gasteiger partial charge in [-0.05, 0) is 43.9 Å². The van der Waals surface area contributed by atoms with Crippen LogP contribution in [0, 0.1) is 5.41 Å². The summed E-state index contributed by atoms with van der Waals surface area (Å²) < 4.78 is 2.16. The average molecular weight is 316 g/mol. The van der Waals surface area contributed by atoms with E-state index in [1.807, 2.05) is 24.4 Å². The number of carbonyl (C=O) groups excluding carboxylic acids is 2.